The van der Waals surface area contributed by atoms with Crippen LogP contribution < -0.4 is 4.74 Å². The van der Waals surface area contributed by atoms with Gasteiger partial charge in [0, 0.05) is 28.8 Å². The zero-order chi connectivity index (χ0) is 10.6. The first-order valence-corrected chi connectivity index (χ1v) is 5.00. The Morgan fingerprint density at radius 3 is 2.93 bits per heavy atom. The molecule has 0 saturated heterocycles. The van der Waals surface area contributed by atoms with Gasteiger partial charge < -0.3 is 9.47 Å². The molecule has 6 heteroatoms. The second-order valence-electron chi connectivity index (χ2n) is 2.28. The van der Waals surface area contributed by atoms with Crippen LogP contribution in [0.1, 0.15) is 17.3 Å². The molecule has 0 aliphatic rings. The average molecular weight is 308 g/mol. The molecule has 0 fully saturated rings. The molecule has 14 heavy (non-hydrogen) atoms. The van der Waals surface area contributed by atoms with Crippen LogP contribution in [-0.2, 0) is 4.74 Å². The van der Waals surface area contributed by atoms with Crippen LogP contribution in [0.2, 0.25) is 0 Å². The van der Waals surface area contributed by atoms with Crippen LogP contribution in [0.4, 0.5) is 0 Å². The third kappa shape index (κ3) is 2.53. The summed E-state index contributed by atoms with van der Waals surface area (Å²) in [6.45, 7) is 2.05. The maximum Gasteiger partial charge on any atom is 0.345 e. The van der Waals surface area contributed by atoms with E-state index in [-0.39, 0.29) is 11.4 Å². The van der Waals surface area contributed by atoms with Crippen molar-refractivity contribution in [3.05, 3.63) is 15.6 Å². The lowest BCUT2D eigenvalue weighted by molar-refractivity contribution is 0.0521. The first kappa shape index (κ1) is 11.2. The minimum atomic E-state index is -0.472. The highest BCUT2D eigenvalue weighted by Gasteiger charge is 2.15. The Labute approximate surface area is 95.0 Å². The largest absolute Gasteiger partial charge is 0.480 e. The van der Waals surface area contributed by atoms with Gasteiger partial charge in [-0.25, -0.2) is 9.78 Å². The van der Waals surface area contributed by atoms with Gasteiger partial charge in [0.25, 0.3) is 0 Å². The van der Waals surface area contributed by atoms with E-state index in [1.165, 1.54) is 13.3 Å². The lowest BCUT2D eigenvalue weighted by atomic mass is 10.3. The van der Waals surface area contributed by atoms with Crippen LogP contribution in [0.3, 0.4) is 0 Å². The van der Waals surface area contributed by atoms with Gasteiger partial charge in [0.2, 0.25) is 5.88 Å². The number of ether oxygens (including phenoxy) is 2. The van der Waals surface area contributed by atoms with Gasteiger partial charge in [0.05, 0.1) is 13.7 Å². The SMILES string of the molecule is CCOC(=O)c1cnc(I)nc1OC. The summed E-state index contributed by atoms with van der Waals surface area (Å²) in [7, 11) is 1.45. The smallest absolute Gasteiger partial charge is 0.345 e. The minimum Gasteiger partial charge on any atom is -0.480 e. The molecule has 1 aromatic heterocycles. The summed E-state index contributed by atoms with van der Waals surface area (Å²) in [5.74, 6) is -0.233. The number of methoxy groups -OCH3 is 1. The second-order valence-corrected chi connectivity index (χ2v) is 3.25. The first-order valence-electron chi connectivity index (χ1n) is 3.92. The third-order valence-corrected chi connectivity index (χ3v) is 1.93. The van der Waals surface area contributed by atoms with E-state index in [9.17, 15) is 4.79 Å². The molecule has 0 N–H and O–H groups in total. The summed E-state index contributed by atoms with van der Waals surface area (Å²) in [6, 6.07) is 0. The highest BCUT2D eigenvalue weighted by atomic mass is 127. The topological polar surface area (TPSA) is 61.3 Å². The van der Waals surface area contributed by atoms with Crippen LogP contribution in [0.25, 0.3) is 0 Å². The molecule has 0 saturated carbocycles. The van der Waals surface area contributed by atoms with Gasteiger partial charge in [-0.2, -0.15) is 4.98 Å². The number of rotatable bonds is 3. The van der Waals surface area contributed by atoms with Crippen molar-refractivity contribution in [1.82, 2.24) is 9.97 Å². The van der Waals surface area contributed by atoms with Gasteiger partial charge in [-0.3, -0.25) is 0 Å². The fourth-order valence-electron chi connectivity index (χ4n) is 0.850. The van der Waals surface area contributed by atoms with Gasteiger partial charge in [-0.05, 0) is 6.92 Å². The molecule has 0 atom stereocenters. The van der Waals surface area contributed by atoms with Gasteiger partial charge in [-0.15, -0.1) is 0 Å². The van der Waals surface area contributed by atoms with E-state index in [4.69, 9.17) is 9.47 Å². The molecule has 0 aromatic carbocycles. The van der Waals surface area contributed by atoms with Crippen molar-refractivity contribution in [3.63, 3.8) is 0 Å². The maximum absolute atomic E-state index is 11.4. The summed E-state index contributed by atoms with van der Waals surface area (Å²) in [4.78, 5) is 19.2. The molecule has 0 aliphatic carbocycles. The first-order chi connectivity index (χ1) is 6.69. The summed E-state index contributed by atoms with van der Waals surface area (Å²) in [5.41, 5.74) is 0.245. The van der Waals surface area contributed by atoms with Crippen molar-refractivity contribution >= 4 is 28.6 Å². The fraction of sp³-hybridized carbons (Fsp3) is 0.375. The molecular weight excluding hydrogens is 299 g/mol. The number of nitrogens with zero attached hydrogens (tertiary/aromatic N) is 2. The number of aromatic nitrogens is 2. The number of esters is 1. The molecule has 5 nitrogen and oxygen atoms in total. The van der Waals surface area contributed by atoms with E-state index in [0.717, 1.165) is 0 Å². The zero-order valence-corrected chi connectivity index (χ0v) is 9.94. The lowest BCUT2D eigenvalue weighted by Gasteiger charge is -2.05. The highest BCUT2D eigenvalue weighted by Crippen LogP contribution is 2.15. The van der Waals surface area contributed by atoms with Crippen molar-refractivity contribution in [2.75, 3.05) is 13.7 Å². The summed E-state index contributed by atoms with van der Waals surface area (Å²) in [6.07, 6.45) is 1.39. The number of halogens is 1. The van der Waals surface area contributed by atoms with Crippen LogP contribution in [0.15, 0.2) is 6.20 Å². The second kappa shape index (κ2) is 5.08. The number of carbonyl (C=O) groups excluding carboxylic acids is 1. The van der Waals surface area contributed by atoms with Gasteiger partial charge in [0.1, 0.15) is 5.56 Å². The minimum absolute atomic E-state index is 0.239. The Morgan fingerprint density at radius 2 is 2.36 bits per heavy atom. The molecule has 1 aromatic rings. The Bertz CT molecular complexity index is 343. The Morgan fingerprint density at radius 1 is 1.64 bits per heavy atom. The average Bonchev–Trinajstić information content (AvgIpc) is 2.17. The zero-order valence-electron chi connectivity index (χ0n) is 7.78. The van der Waals surface area contributed by atoms with E-state index in [0.29, 0.717) is 10.4 Å². The van der Waals surface area contributed by atoms with E-state index in [1.54, 1.807) is 6.92 Å². The maximum atomic E-state index is 11.4. The quantitative estimate of drug-likeness (QED) is 0.478. The normalized spacial score (nSPS) is 9.64. The predicted molar refractivity (Wildman–Crippen MR) is 57.3 cm³/mol. The molecule has 76 valence electrons. The predicted octanol–water partition coefficient (Wildman–Crippen LogP) is 1.27. The summed E-state index contributed by atoms with van der Waals surface area (Å²) < 4.78 is 10.3. The van der Waals surface area contributed by atoms with Crippen molar-refractivity contribution < 1.29 is 14.3 Å². The number of hydrogen-bond acceptors (Lipinski definition) is 5. The van der Waals surface area contributed by atoms with E-state index >= 15 is 0 Å². The number of hydrogen-bond donors (Lipinski definition) is 0. The van der Waals surface area contributed by atoms with Crippen molar-refractivity contribution in [1.29, 1.82) is 0 Å². The Hall–Kier alpha value is -0.920. The van der Waals surface area contributed by atoms with E-state index in [1.807, 2.05) is 22.6 Å². The Kier molecular flexibility index (Phi) is 4.05. The molecular formula is C8H9IN2O3. The van der Waals surface area contributed by atoms with E-state index < -0.39 is 5.97 Å². The number of carbonyl (C=O) groups is 1. The standard InChI is InChI=1S/C8H9IN2O3/c1-3-14-7(12)5-4-10-8(9)11-6(5)13-2/h4H,3H2,1-2H3. The fourth-order valence-corrected chi connectivity index (χ4v) is 1.21. The van der Waals surface area contributed by atoms with Crippen molar-refractivity contribution in [2.45, 2.75) is 6.92 Å². The molecule has 0 bridgehead atoms. The van der Waals surface area contributed by atoms with Gasteiger partial charge >= 0.3 is 5.97 Å². The molecule has 0 unspecified atom stereocenters. The van der Waals surface area contributed by atoms with Crippen LogP contribution >= 0.6 is 22.6 Å². The lowest BCUT2D eigenvalue weighted by Crippen LogP contribution is -2.09. The van der Waals surface area contributed by atoms with Crippen molar-refractivity contribution in [2.24, 2.45) is 0 Å². The van der Waals surface area contributed by atoms with Crippen LogP contribution in [-0.4, -0.2) is 29.7 Å². The highest BCUT2D eigenvalue weighted by molar-refractivity contribution is 14.1. The summed E-state index contributed by atoms with van der Waals surface area (Å²) in [5, 5.41) is 0. The van der Waals surface area contributed by atoms with Crippen LogP contribution in [0.5, 0.6) is 5.88 Å². The van der Waals surface area contributed by atoms with Crippen LogP contribution in [0, 0.1) is 3.83 Å². The molecule has 1 heterocycles. The van der Waals surface area contributed by atoms with Gasteiger partial charge in [0.15, 0.2) is 3.83 Å². The molecule has 0 radical (unpaired) electrons. The molecule has 0 aliphatic heterocycles. The Balaban J connectivity index is 3.01. The third-order valence-electron chi connectivity index (χ3n) is 1.41. The molecule has 0 spiro atoms. The molecule has 1 rings (SSSR count). The van der Waals surface area contributed by atoms with E-state index in [2.05, 4.69) is 9.97 Å². The van der Waals surface area contributed by atoms with Gasteiger partial charge in [-0.1, -0.05) is 0 Å². The van der Waals surface area contributed by atoms with Crippen molar-refractivity contribution in [3.8, 4) is 5.88 Å². The monoisotopic (exact) mass is 308 g/mol. The summed E-state index contributed by atoms with van der Waals surface area (Å²) >= 11 is 1.94. The molecule has 0 amide bonds.